The minimum Gasteiger partial charge on any atom is -0.330 e. The number of aromatic nitrogens is 1. The lowest BCUT2D eigenvalue weighted by molar-refractivity contribution is 0.613. The van der Waals surface area contributed by atoms with Gasteiger partial charge in [0.25, 0.3) is 0 Å². The summed E-state index contributed by atoms with van der Waals surface area (Å²) in [6.07, 6.45) is 5.16. The molecule has 1 aromatic carbocycles. The monoisotopic (exact) mass is 267 g/mol. The second kappa shape index (κ2) is 5.63. The Morgan fingerprint density at radius 3 is 2.85 bits per heavy atom. The summed E-state index contributed by atoms with van der Waals surface area (Å²) < 4.78 is 0. The van der Waals surface area contributed by atoms with Crippen molar-refractivity contribution in [3.05, 3.63) is 53.7 Å². The molecular weight excluding hydrogens is 246 g/mol. The van der Waals surface area contributed by atoms with Crippen molar-refractivity contribution in [3.8, 4) is 0 Å². The maximum absolute atomic E-state index is 5.59. The first kappa shape index (κ1) is 13.1. The standard InChI is InChI=1S/C17H21N3/c1-13-6-8-15-4-2-3-5-16(15)20(13)17-9-7-14(10-11-18)12-19-17/h2-5,7,9,12-13H,6,8,10-11,18H2,1H3. The van der Waals surface area contributed by atoms with Crippen LogP contribution in [0.3, 0.4) is 0 Å². The molecule has 0 fully saturated rings. The lowest BCUT2D eigenvalue weighted by Crippen LogP contribution is -2.33. The highest BCUT2D eigenvalue weighted by atomic mass is 15.2. The molecule has 3 heteroatoms. The fraction of sp³-hybridized carbons (Fsp3) is 0.353. The number of hydrogen-bond acceptors (Lipinski definition) is 3. The van der Waals surface area contributed by atoms with E-state index in [1.807, 2.05) is 6.20 Å². The van der Waals surface area contributed by atoms with Gasteiger partial charge in [0.05, 0.1) is 0 Å². The molecule has 1 unspecified atom stereocenters. The van der Waals surface area contributed by atoms with E-state index in [0.717, 1.165) is 18.7 Å². The summed E-state index contributed by atoms with van der Waals surface area (Å²) in [7, 11) is 0. The Kier molecular flexibility index (Phi) is 3.70. The summed E-state index contributed by atoms with van der Waals surface area (Å²) in [4.78, 5) is 6.99. The zero-order valence-corrected chi connectivity index (χ0v) is 11.9. The average molecular weight is 267 g/mol. The summed E-state index contributed by atoms with van der Waals surface area (Å²) in [6.45, 7) is 2.94. The minimum absolute atomic E-state index is 0.484. The number of aryl methyl sites for hydroxylation is 1. The van der Waals surface area contributed by atoms with Crippen molar-refractivity contribution < 1.29 is 0 Å². The molecule has 1 aliphatic rings. The van der Waals surface area contributed by atoms with Gasteiger partial charge in [-0.15, -0.1) is 0 Å². The van der Waals surface area contributed by atoms with Crippen LogP contribution >= 0.6 is 0 Å². The van der Waals surface area contributed by atoms with Gasteiger partial charge < -0.3 is 10.6 Å². The molecule has 1 aliphatic heterocycles. The number of nitrogens with zero attached hydrogens (tertiary/aromatic N) is 2. The van der Waals surface area contributed by atoms with Crippen molar-refractivity contribution in [1.29, 1.82) is 0 Å². The van der Waals surface area contributed by atoms with Crippen LogP contribution < -0.4 is 10.6 Å². The van der Waals surface area contributed by atoms with Gasteiger partial charge in [0.2, 0.25) is 0 Å². The Balaban J connectivity index is 1.96. The van der Waals surface area contributed by atoms with Crippen LogP contribution in [0.4, 0.5) is 11.5 Å². The Bertz CT molecular complexity index is 577. The summed E-state index contributed by atoms with van der Waals surface area (Å²) in [5, 5.41) is 0. The fourth-order valence-corrected chi connectivity index (χ4v) is 2.91. The number of para-hydroxylation sites is 1. The maximum Gasteiger partial charge on any atom is 0.133 e. The van der Waals surface area contributed by atoms with Crippen molar-refractivity contribution in [2.24, 2.45) is 5.73 Å². The van der Waals surface area contributed by atoms with Crippen LogP contribution in [-0.4, -0.2) is 17.6 Å². The molecule has 104 valence electrons. The average Bonchev–Trinajstić information content (AvgIpc) is 2.49. The lowest BCUT2D eigenvalue weighted by atomic mass is 9.96. The summed E-state index contributed by atoms with van der Waals surface area (Å²) in [6, 6.07) is 13.4. The molecule has 0 saturated carbocycles. The highest BCUT2D eigenvalue weighted by molar-refractivity contribution is 5.66. The number of rotatable bonds is 3. The molecule has 3 nitrogen and oxygen atoms in total. The van der Waals surface area contributed by atoms with E-state index in [4.69, 9.17) is 5.73 Å². The highest BCUT2D eigenvalue weighted by Gasteiger charge is 2.24. The van der Waals surface area contributed by atoms with Crippen LogP contribution in [0.5, 0.6) is 0 Å². The third kappa shape index (κ3) is 2.41. The summed E-state index contributed by atoms with van der Waals surface area (Å²) in [5.74, 6) is 1.03. The minimum atomic E-state index is 0.484. The van der Waals surface area contributed by atoms with Gasteiger partial charge >= 0.3 is 0 Å². The summed E-state index contributed by atoms with van der Waals surface area (Å²) >= 11 is 0. The molecule has 0 radical (unpaired) electrons. The predicted octanol–water partition coefficient (Wildman–Crippen LogP) is 3.06. The highest BCUT2D eigenvalue weighted by Crippen LogP contribution is 2.35. The molecule has 0 amide bonds. The fourth-order valence-electron chi connectivity index (χ4n) is 2.91. The lowest BCUT2D eigenvalue weighted by Gasteiger charge is -2.36. The first-order valence-corrected chi connectivity index (χ1v) is 7.31. The first-order valence-electron chi connectivity index (χ1n) is 7.31. The molecule has 1 atom stereocenters. The topological polar surface area (TPSA) is 42.1 Å². The molecule has 0 saturated heterocycles. The van der Waals surface area contributed by atoms with Crippen molar-refractivity contribution in [2.45, 2.75) is 32.2 Å². The third-order valence-corrected chi connectivity index (χ3v) is 4.01. The van der Waals surface area contributed by atoms with E-state index in [1.165, 1.54) is 23.2 Å². The van der Waals surface area contributed by atoms with E-state index in [-0.39, 0.29) is 0 Å². The Morgan fingerprint density at radius 1 is 1.25 bits per heavy atom. The van der Waals surface area contributed by atoms with Gasteiger partial charge in [0, 0.05) is 17.9 Å². The van der Waals surface area contributed by atoms with E-state index in [0.29, 0.717) is 12.6 Å². The van der Waals surface area contributed by atoms with E-state index < -0.39 is 0 Å². The van der Waals surface area contributed by atoms with Crippen LogP contribution in [0, 0.1) is 0 Å². The van der Waals surface area contributed by atoms with E-state index in [1.54, 1.807) is 0 Å². The van der Waals surface area contributed by atoms with Gasteiger partial charge in [-0.2, -0.15) is 0 Å². The quantitative estimate of drug-likeness (QED) is 0.929. The molecule has 1 aromatic heterocycles. The molecular formula is C17H21N3. The maximum atomic E-state index is 5.59. The van der Waals surface area contributed by atoms with E-state index >= 15 is 0 Å². The Hall–Kier alpha value is -1.87. The summed E-state index contributed by atoms with van der Waals surface area (Å²) in [5.41, 5.74) is 9.50. The van der Waals surface area contributed by atoms with Crippen LogP contribution in [0.25, 0.3) is 0 Å². The van der Waals surface area contributed by atoms with E-state index in [9.17, 15) is 0 Å². The number of nitrogens with two attached hydrogens (primary N) is 1. The number of anilines is 2. The Labute approximate surface area is 120 Å². The molecule has 3 rings (SSSR count). The number of fused-ring (bicyclic) bond motifs is 1. The molecule has 0 bridgehead atoms. The predicted molar refractivity (Wildman–Crippen MR) is 83.4 cm³/mol. The van der Waals surface area contributed by atoms with Crippen LogP contribution in [0.1, 0.15) is 24.5 Å². The second-order valence-electron chi connectivity index (χ2n) is 5.45. The molecule has 2 aromatic rings. The molecule has 2 heterocycles. The van der Waals surface area contributed by atoms with Gasteiger partial charge in [-0.05, 0) is 56.0 Å². The number of benzene rings is 1. The Morgan fingerprint density at radius 2 is 2.10 bits per heavy atom. The first-order chi connectivity index (χ1) is 9.79. The number of hydrogen-bond donors (Lipinski definition) is 1. The molecule has 2 N–H and O–H groups in total. The second-order valence-corrected chi connectivity index (χ2v) is 5.45. The van der Waals surface area contributed by atoms with Gasteiger partial charge in [0.15, 0.2) is 0 Å². The van der Waals surface area contributed by atoms with Crippen LogP contribution in [0.15, 0.2) is 42.6 Å². The van der Waals surface area contributed by atoms with Gasteiger partial charge in [-0.3, -0.25) is 0 Å². The molecule has 0 aliphatic carbocycles. The van der Waals surface area contributed by atoms with Crippen LogP contribution in [-0.2, 0) is 12.8 Å². The molecule has 0 spiro atoms. The third-order valence-electron chi connectivity index (χ3n) is 4.01. The number of pyridine rings is 1. The normalized spacial score (nSPS) is 17.9. The SMILES string of the molecule is CC1CCc2ccccc2N1c1ccc(CCN)cn1. The van der Waals surface area contributed by atoms with Gasteiger partial charge in [-0.1, -0.05) is 24.3 Å². The zero-order chi connectivity index (χ0) is 13.9. The van der Waals surface area contributed by atoms with Crippen LogP contribution in [0.2, 0.25) is 0 Å². The van der Waals surface area contributed by atoms with Crippen molar-refractivity contribution in [1.82, 2.24) is 4.98 Å². The van der Waals surface area contributed by atoms with E-state index in [2.05, 4.69) is 53.2 Å². The largest absolute Gasteiger partial charge is 0.330 e. The van der Waals surface area contributed by atoms with Crippen molar-refractivity contribution >= 4 is 11.5 Å². The smallest absolute Gasteiger partial charge is 0.133 e. The van der Waals surface area contributed by atoms with Gasteiger partial charge in [-0.25, -0.2) is 4.98 Å². The van der Waals surface area contributed by atoms with Gasteiger partial charge in [0.1, 0.15) is 5.82 Å². The zero-order valence-electron chi connectivity index (χ0n) is 11.9. The van der Waals surface area contributed by atoms with Crippen molar-refractivity contribution in [3.63, 3.8) is 0 Å². The molecule has 20 heavy (non-hydrogen) atoms. The van der Waals surface area contributed by atoms with Crippen molar-refractivity contribution in [2.75, 3.05) is 11.4 Å².